The zero-order chi connectivity index (χ0) is 23.5. The summed E-state index contributed by atoms with van der Waals surface area (Å²) in [7, 11) is 0. The zero-order valence-electron chi connectivity index (χ0n) is 18.2. The number of nitrogens with one attached hydrogen (secondary N) is 1. The van der Waals surface area contributed by atoms with Gasteiger partial charge in [-0.25, -0.2) is 9.37 Å². The molecule has 1 aliphatic rings. The number of alkyl halides is 3. The monoisotopic (exact) mass is 452 g/mol. The number of aromatic nitrogens is 1. The molecule has 1 saturated heterocycles. The van der Waals surface area contributed by atoms with E-state index in [-0.39, 0.29) is 24.8 Å². The summed E-state index contributed by atoms with van der Waals surface area (Å²) in [5, 5.41) is 2.78. The molecular weight excluding hydrogens is 424 g/mol. The Kier molecular flexibility index (Phi) is 7.38. The van der Waals surface area contributed by atoms with Gasteiger partial charge in [0.2, 0.25) is 5.91 Å². The van der Waals surface area contributed by atoms with Crippen LogP contribution in [0.4, 0.5) is 23.4 Å². The molecule has 1 fully saturated rings. The van der Waals surface area contributed by atoms with E-state index in [9.17, 15) is 22.4 Å². The lowest BCUT2D eigenvalue weighted by Gasteiger charge is -2.33. The van der Waals surface area contributed by atoms with Gasteiger partial charge in [0.05, 0.1) is 5.92 Å². The molecule has 1 aromatic heterocycles. The van der Waals surface area contributed by atoms with Gasteiger partial charge in [-0.2, -0.15) is 13.2 Å². The van der Waals surface area contributed by atoms with Crippen LogP contribution in [0.1, 0.15) is 55.0 Å². The number of nitrogens with two attached hydrogens (primary N) is 1. The van der Waals surface area contributed by atoms with Crippen molar-refractivity contribution in [1.29, 1.82) is 0 Å². The maximum absolute atomic E-state index is 13.7. The highest BCUT2D eigenvalue weighted by molar-refractivity contribution is 5.83. The molecule has 32 heavy (non-hydrogen) atoms. The highest BCUT2D eigenvalue weighted by Gasteiger charge is 2.34. The van der Waals surface area contributed by atoms with Crippen molar-refractivity contribution in [3.63, 3.8) is 0 Å². The lowest BCUT2D eigenvalue weighted by molar-refractivity contribution is -0.141. The molecule has 1 aliphatic heterocycles. The largest absolute Gasteiger partial charge is 0.433 e. The molecular formula is C23H28F4N4O. The Morgan fingerprint density at radius 1 is 1.22 bits per heavy atom. The predicted molar refractivity (Wildman–Crippen MR) is 114 cm³/mol. The molecule has 2 heterocycles. The minimum absolute atomic E-state index is 0.0169. The van der Waals surface area contributed by atoms with Crippen LogP contribution in [-0.4, -0.2) is 24.0 Å². The minimum atomic E-state index is -4.54. The van der Waals surface area contributed by atoms with Crippen molar-refractivity contribution in [2.24, 2.45) is 11.7 Å². The average molecular weight is 452 g/mol. The summed E-state index contributed by atoms with van der Waals surface area (Å²) in [5.74, 6) is -0.567. The van der Waals surface area contributed by atoms with Crippen LogP contribution in [0.25, 0.3) is 0 Å². The zero-order valence-corrected chi connectivity index (χ0v) is 18.2. The van der Waals surface area contributed by atoms with E-state index in [1.807, 2.05) is 4.90 Å². The first-order valence-corrected chi connectivity index (χ1v) is 10.7. The van der Waals surface area contributed by atoms with Crippen molar-refractivity contribution in [2.45, 2.75) is 51.9 Å². The van der Waals surface area contributed by atoms with E-state index in [1.54, 1.807) is 13.0 Å². The summed E-state index contributed by atoms with van der Waals surface area (Å²) in [6.45, 7) is 5.09. The molecule has 1 aromatic carbocycles. The molecule has 2 aromatic rings. The third-order valence-electron chi connectivity index (χ3n) is 5.97. The molecule has 1 unspecified atom stereocenters. The Hall–Kier alpha value is -2.68. The molecule has 0 spiro atoms. The van der Waals surface area contributed by atoms with Crippen molar-refractivity contribution in [2.75, 3.05) is 18.0 Å². The van der Waals surface area contributed by atoms with Crippen molar-refractivity contribution in [3.05, 3.63) is 58.5 Å². The van der Waals surface area contributed by atoms with Crippen LogP contribution in [-0.2, 0) is 24.1 Å². The van der Waals surface area contributed by atoms with Crippen LogP contribution in [0, 0.1) is 11.7 Å². The normalized spacial score (nSPS) is 16.2. The predicted octanol–water partition coefficient (Wildman–Crippen LogP) is 4.35. The second-order valence-electron chi connectivity index (χ2n) is 8.34. The van der Waals surface area contributed by atoms with Crippen LogP contribution >= 0.6 is 0 Å². The summed E-state index contributed by atoms with van der Waals surface area (Å²) >= 11 is 0. The van der Waals surface area contributed by atoms with Crippen LogP contribution in [0.3, 0.4) is 0 Å². The minimum Gasteiger partial charge on any atom is -0.356 e. The van der Waals surface area contributed by atoms with E-state index in [2.05, 4.69) is 17.2 Å². The van der Waals surface area contributed by atoms with Crippen molar-refractivity contribution in [1.82, 2.24) is 10.3 Å². The van der Waals surface area contributed by atoms with Gasteiger partial charge in [0, 0.05) is 37.3 Å². The third-order valence-corrected chi connectivity index (χ3v) is 5.97. The number of carbonyl (C=O) groups is 1. The fraction of sp³-hybridized carbons (Fsp3) is 0.478. The standard InChI is InChI=1S/C23H28F4N4O/c1-14-7-9-31(10-8-14)21-17(4-6-20(30-21)23(25,26)27)13-29-22(32)15(2)16-3-5-19(24)18(11-16)12-28/h3-6,11,14-15H,7-10,12-13,28H2,1-2H3,(H,29,32). The average Bonchev–Trinajstić information content (AvgIpc) is 2.77. The number of nitrogens with zero attached hydrogens (tertiary/aromatic N) is 2. The van der Waals surface area contributed by atoms with Gasteiger partial charge >= 0.3 is 6.18 Å². The maximum atomic E-state index is 13.7. The first kappa shape index (κ1) is 24.0. The fourth-order valence-corrected chi connectivity index (χ4v) is 3.77. The highest BCUT2D eigenvalue weighted by Crippen LogP contribution is 2.32. The summed E-state index contributed by atoms with van der Waals surface area (Å²) in [6, 6.07) is 6.67. The summed E-state index contributed by atoms with van der Waals surface area (Å²) < 4.78 is 53.4. The third kappa shape index (κ3) is 5.56. The number of pyridine rings is 1. The summed E-state index contributed by atoms with van der Waals surface area (Å²) in [4.78, 5) is 18.5. The first-order valence-electron chi connectivity index (χ1n) is 10.7. The van der Waals surface area contributed by atoms with Gasteiger partial charge in [0.25, 0.3) is 0 Å². The molecule has 0 saturated carbocycles. The molecule has 174 valence electrons. The second kappa shape index (κ2) is 9.85. The Labute approximate surface area is 185 Å². The van der Waals surface area contributed by atoms with Gasteiger partial charge < -0.3 is 16.0 Å². The van der Waals surface area contributed by atoms with E-state index in [1.165, 1.54) is 18.2 Å². The van der Waals surface area contributed by atoms with E-state index in [4.69, 9.17) is 5.73 Å². The Balaban J connectivity index is 1.78. The first-order chi connectivity index (χ1) is 15.1. The van der Waals surface area contributed by atoms with Gasteiger partial charge in [-0.3, -0.25) is 4.79 Å². The van der Waals surface area contributed by atoms with Gasteiger partial charge in [0.15, 0.2) is 0 Å². The molecule has 1 amide bonds. The number of halogens is 4. The summed E-state index contributed by atoms with van der Waals surface area (Å²) in [6.07, 6.45) is -2.80. The fourth-order valence-electron chi connectivity index (χ4n) is 3.77. The molecule has 3 N–H and O–H groups in total. The van der Waals surface area contributed by atoms with Crippen molar-refractivity contribution >= 4 is 11.7 Å². The molecule has 3 rings (SSSR count). The molecule has 1 atom stereocenters. The van der Waals surface area contributed by atoms with Crippen molar-refractivity contribution < 1.29 is 22.4 Å². The number of hydrogen-bond acceptors (Lipinski definition) is 4. The lowest BCUT2D eigenvalue weighted by Crippen LogP contribution is -2.35. The number of hydrogen-bond donors (Lipinski definition) is 2. The lowest BCUT2D eigenvalue weighted by atomic mass is 9.97. The Morgan fingerprint density at radius 2 is 1.91 bits per heavy atom. The molecule has 0 bridgehead atoms. The quantitative estimate of drug-likeness (QED) is 0.639. The number of anilines is 1. The van der Waals surface area contributed by atoms with Crippen LogP contribution < -0.4 is 16.0 Å². The van der Waals surface area contributed by atoms with E-state index in [0.717, 1.165) is 18.9 Å². The van der Waals surface area contributed by atoms with Gasteiger partial charge in [0.1, 0.15) is 17.3 Å². The molecule has 5 nitrogen and oxygen atoms in total. The Morgan fingerprint density at radius 3 is 2.53 bits per heavy atom. The van der Waals surface area contributed by atoms with E-state index >= 15 is 0 Å². The van der Waals surface area contributed by atoms with Gasteiger partial charge in [-0.05, 0) is 43.4 Å². The SMILES string of the molecule is CC1CCN(c2nc(C(F)(F)F)ccc2CNC(=O)C(C)c2ccc(F)c(CN)c2)CC1. The topological polar surface area (TPSA) is 71.2 Å². The number of piperidine rings is 1. The van der Waals surface area contributed by atoms with E-state index < -0.39 is 23.6 Å². The number of carbonyl (C=O) groups excluding carboxylic acids is 1. The summed E-state index contributed by atoms with van der Waals surface area (Å²) in [5.41, 5.74) is 6.04. The number of amides is 1. The second-order valence-corrected chi connectivity index (χ2v) is 8.34. The maximum Gasteiger partial charge on any atom is 0.433 e. The van der Waals surface area contributed by atoms with Crippen molar-refractivity contribution in [3.8, 4) is 0 Å². The number of rotatable bonds is 6. The smallest absolute Gasteiger partial charge is 0.356 e. The van der Waals surface area contributed by atoms with Crippen LogP contribution in [0.5, 0.6) is 0 Å². The van der Waals surface area contributed by atoms with Crippen LogP contribution in [0.2, 0.25) is 0 Å². The van der Waals surface area contributed by atoms with E-state index in [0.29, 0.717) is 35.7 Å². The van der Waals surface area contributed by atoms with Gasteiger partial charge in [-0.15, -0.1) is 0 Å². The molecule has 9 heteroatoms. The number of benzene rings is 1. The Bertz CT molecular complexity index is 955. The highest BCUT2D eigenvalue weighted by atomic mass is 19.4. The van der Waals surface area contributed by atoms with Gasteiger partial charge in [-0.1, -0.05) is 25.1 Å². The molecule has 0 aliphatic carbocycles. The van der Waals surface area contributed by atoms with Crippen LogP contribution in [0.15, 0.2) is 30.3 Å². The molecule has 0 radical (unpaired) electrons.